The molecular formula is C12H20F6O. The maximum atomic E-state index is 14.0. The number of halogens is 6. The lowest BCUT2D eigenvalue weighted by atomic mass is 9.98. The van der Waals surface area contributed by atoms with Crippen LogP contribution in [0.25, 0.3) is 0 Å². The van der Waals surface area contributed by atoms with Crippen molar-refractivity contribution < 1.29 is 31.1 Å². The molecule has 0 fully saturated rings. The van der Waals surface area contributed by atoms with Gasteiger partial charge in [-0.2, -0.15) is 0 Å². The van der Waals surface area contributed by atoms with Crippen molar-refractivity contribution in [3.63, 3.8) is 0 Å². The van der Waals surface area contributed by atoms with Crippen LogP contribution in [0.1, 0.15) is 58.8 Å². The molecule has 0 aromatic carbocycles. The van der Waals surface area contributed by atoms with E-state index in [1.54, 1.807) is 13.8 Å². The van der Waals surface area contributed by atoms with E-state index >= 15 is 0 Å². The minimum atomic E-state index is -5.42. The Morgan fingerprint density at radius 1 is 0.737 bits per heavy atom. The summed E-state index contributed by atoms with van der Waals surface area (Å²) >= 11 is 0. The van der Waals surface area contributed by atoms with Gasteiger partial charge in [0.25, 0.3) is 5.85 Å². The predicted octanol–water partition coefficient (Wildman–Crippen LogP) is 5.59. The van der Waals surface area contributed by atoms with Gasteiger partial charge in [0.2, 0.25) is 0 Å². The van der Waals surface area contributed by atoms with E-state index in [4.69, 9.17) is 0 Å². The molecule has 0 rings (SSSR count). The maximum absolute atomic E-state index is 14.0. The first-order valence-corrected chi connectivity index (χ1v) is 6.41. The van der Waals surface area contributed by atoms with Crippen LogP contribution in [0, 0.1) is 0 Å². The summed E-state index contributed by atoms with van der Waals surface area (Å²) in [6.07, 6.45) is -6.18. The van der Waals surface area contributed by atoms with Crippen molar-refractivity contribution in [1.82, 2.24) is 0 Å². The van der Waals surface area contributed by atoms with Gasteiger partial charge < -0.3 is 0 Å². The van der Waals surface area contributed by atoms with Gasteiger partial charge in [-0.3, -0.25) is 0 Å². The fraction of sp³-hybridized carbons (Fsp3) is 1.00. The number of hydrogen-bond donors (Lipinski definition) is 0. The summed E-state index contributed by atoms with van der Waals surface area (Å²) in [5.74, 6) is -8.12. The second-order valence-electron chi connectivity index (χ2n) is 4.54. The summed E-state index contributed by atoms with van der Waals surface area (Å²) in [5.41, 5.74) is 0. The van der Waals surface area contributed by atoms with E-state index < -0.39 is 31.0 Å². The van der Waals surface area contributed by atoms with Crippen LogP contribution >= 0.6 is 0 Å². The van der Waals surface area contributed by atoms with Crippen LogP contribution in [0.4, 0.5) is 26.3 Å². The fourth-order valence-corrected chi connectivity index (χ4v) is 1.68. The quantitative estimate of drug-likeness (QED) is 0.397. The third kappa shape index (κ3) is 6.49. The Bertz CT molecular complexity index is 253. The largest absolute Gasteiger partial charge is 0.525 e. The van der Waals surface area contributed by atoms with Crippen molar-refractivity contribution in [3.8, 4) is 0 Å². The van der Waals surface area contributed by atoms with Gasteiger partial charge in [-0.1, -0.05) is 33.1 Å². The standard InChI is InChI=1S/C12H20F6O/c1-3-5-7-9-11(15,19-12(16,17)18)10(13,14)8-6-4-2/h3-9H2,1-2H3. The van der Waals surface area contributed by atoms with Gasteiger partial charge in [-0.05, 0) is 12.8 Å². The third-order valence-electron chi connectivity index (χ3n) is 2.77. The smallest absolute Gasteiger partial charge is 0.248 e. The monoisotopic (exact) mass is 294 g/mol. The van der Waals surface area contributed by atoms with E-state index in [9.17, 15) is 26.3 Å². The van der Waals surface area contributed by atoms with Gasteiger partial charge >= 0.3 is 12.3 Å². The van der Waals surface area contributed by atoms with Gasteiger partial charge in [-0.25, -0.2) is 17.9 Å². The van der Waals surface area contributed by atoms with Crippen LogP contribution in [-0.4, -0.2) is 18.1 Å². The zero-order chi connectivity index (χ0) is 15.2. The molecule has 0 spiro atoms. The molecule has 0 aromatic heterocycles. The second-order valence-corrected chi connectivity index (χ2v) is 4.54. The first-order valence-electron chi connectivity index (χ1n) is 6.41. The highest BCUT2D eigenvalue weighted by atomic mass is 19.4. The predicted molar refractivity (Wildman–Crippen MR) is 59.6 cm³/mol. The topological polar surface area (TPSA) is 9.23 Å². The molecule has 0 amide bonds. The van der Waals surface area contributed by atoms with Crippen LogP contribution in [0.3, 0.4) is 0 Å². The van der Waals surface area contributed by atoms with Crippen molar-refractivity contribution in [2.24, 2.45) is 0 Å². The van der Waals surface area contributed by atoms with Crippen LogP contribution < -0.4 is 0 Å². The highest BCUT2D eigenvalue weighted by Crippen LogP contribution is 2.44. The van der Waals surface area contributed by atoms with Crippen molar-refractivity contribution >= 4 is 0 Å². The normalized spacial score (nSPS) is 16.4. The van der Waals surface area contributed by atoms with Crippen molar-refractivity contribution in [2.75, 3.05) is 0 Å². The summed E-state index contributed by atoms with van der Waals surface area (Å²) < 4.78 is 80.7. The van der Waals surface area contributed by atoms with Crippen molar-refractivity contribution in [1.29, 1.82) is 0 Å². The first-order chi connectivity index (χ1) is 8.58. The average molecular weight is 294 g/mol. The molecule has 116 valence electrons. The highest BCUT2D eigenvalue weighted by molar-refractivity contribution is 4.86. The molecule has 0 saturated heterocycles. The molecule has 0 heterocycles. The molecule has 7 heteroatoms. The highest BCUT2D eigenvalue weighted by Gasteiger charge is 2.59. The molecule has 0 N–H and O–H groups in total. The van der Waals surface area contributed by atoms with Crippen molar-refractivity contribution in [2.45, 2.75) is 76.9 Å². The molecule has 0 aliphatic heterocycles. The summed E-state index contributed by atoms with van der Waals surface area (Å²) in [7, 11) is 0. The molecule has 19 heavy (non-hydrogen) atoms. The van der Waals surface area contributed by atoms with Gasteiger partial charge in [0.05, 0.1) is 0 Å². The summed E-state index contributed by atoms with van der Waals surface area (Å²) in [6.45, 7) is 3.33. The molecule has 1 nitrogen and oxygen atoms in total. The SMILES string of the molecule is CCCCCC(F)(OC(F)(F)F)C(F)(F)CCCC. The van der Waals surface area contributed by atoms with Crippen LogP contribution in [-0.2, 0) is 4.74 Å². The van der Waals surface area contributed by atoms with Crippen LogP contribution in [0.15, 0.2) is 0 Å². The minimum absolute atomic E-state index is 0.0618. The Labute approximate surface area is 109 Å². The van der Waals surface area contributed by atoms with Gasteiger partial charge in [0, 0.05) is 12.8 Å². The Kier molecular flexibility index (Phi) is 7.18. The third-order valence-corrected chi connectivity index (χ3v) is 2.77. The van der Waals surface area contributed by atoms with E-state index in [1.807, 2.05) is 0 Å². The van der Waals surface area contributed by atoms with Gasteiger partial charge in [0.1, 0.15) is 0 Å². The van der Waals surface area contributed by atoms with E-state index in [0.717, 1.165) is 0 Å². The average Bonchev–Trinajstić information content (AvgIpc) is 2.24. The molecule has 0 saturated carbocycles. The molecule has 0 radical (unpaired) electrons. The number of rotatable bonds is 9. The summed E-state index contributed by atoms with van der Waals surface area (Å²) in [4.78, 5) is 0. The summed E-state index contributed by atoms with van der Waals surface area (Å²) in [5, 5.41) is 0. The lowest BCUT2D eigenvalue weighted by Crippen LogP contribution is -2.49. The lowest BCUT2D eigenvalue weighted by molar-refractivity contribution is -0.430. The molecule has 0 bridgehead atoms. The zero-order valence-corrected chi connectivity index (χ0v) is 11.1. The number of ether oxygens (including phenoxy) is 1. The van der Waals surface area contributed by atoms with E-state index in [1.165, 1.54) is 0 Å². The van der Waals surface area contributed by atoms with E-state index in [2.05, 4.69) is 4.74 Å². The van der Waals surface area contributed by atoms with Gasteiger partial charge in [0.15, 0.2) is 0 Å². The number of alkyl halides is 6. The van der Waals surface area contributed by atoms with E-state index in [0.29, 0.717) is 19.3 Å². The fourth-order valence-electron chi connectivity index (χ4n) is 1.68. The number of unbranched alkanes of at least 4 members (excludes halogenated alkanes) is 3. The van der Waals surface area contributed by atoms with Crippen LogP contribution in [0.5, 0.6) is 0 Å². The van der Waals surface area contributed by atoms with Crippen LogP contribution in [0.2, 0.25) is 0 Å². The van der Waals surface area contributed by atoms with E-state index in [-0.39, 0.29) is 12.8 Å². The number of hydrogen-bond acceptors (Lipinski definition) is 1. The summed E-state index contributed by atoms with van der Waals surface area (Å²) in [6, 6.07) is 0. The Hall–Kier alpha value is -0.460. The molecule has 0 aliphatic carbocycles. The minimum Gasteiger partial charge on any atom is -0.248 e. The molecule has 1 atom stereocenters. The molecular weight excluding hydrogens is 274 g/mol. The maximum Gasteiger partial charge on any atom is 0.525 e. The Balaban J connectivity index is 4.90. The Morgan fingerprint density at radius 2 is 1.26 bits per heavy atom. The lowest BCUT2D eigenvalue weighted by Gasteiger charge is -2.33. The molecule has 0 aliphatic rings. The Morgan fingerprint density at radius 3 is 1.68 bits per heavy atom. The molecule has 0 aromatic rings. The molecule has 1 unspecified atom stereocenters. The second kappa shape index (κ2) is 7.36. The zero-order valence-electron chi connectivity index (χ0n) is 11.1. The first kappa shape index (κ1) is 18.5. The van der Waals surface area contributed by atoms with Gasteiger partial charge in [-0.15, -0.1) is 13.2 Å². The van der Waals surface area contributed by atoms with Crippen molar-refractivity contribution in [3.05, 3.63) is 0 Å².